The van der Waals surface area contributed by atoms with Gasteiger partial charge in [-0.25, -0.2) is 9.18 Å². The average molecular weight is 445 g/mol. The number of para-hydroxylation sites is 1. The highest BCUT2D eigenvalue weighted by molar-refractivity contribution is 5.96. The van der Waals surface area contributed by atoms with Gasteiger partial charge in [-0.05, 0) is 26.0 Å². The van der Waals surface area contributed by atoms with Crippen molar-refractivity contribution in [1.82, 2.24) is 23.1 Å². The summed E-state index contributed by atoms with van der Waals surface area (Å²) in [6, 6.07) is 14.8. The van der Waals surface area contributed by atoms with E-state index in [9.17, 15) is 18.8 Å². The van der Waals surface area contributed by atoms with Gasteiger partial charge < -0.3 is 0 Å². The Hall–Kier alpha value is -4.27. The maximum Gasteiger partial charge on any atom is 0.332 e. The summed E-state index contributed by atoms with van der Waals surface area (Å²) >= 11 is 0. The van der Waals surface area contributed by atoms with Crippen LogP contribution in [0, 0.1) is 19.7 Å². The van der Waals surface area contributed by atoms with Crippen LogP contribution in [0.4, 0.5) is 4.39 Å². The van der Waals surface area contributed by atoms with Crippen LogP contribution in [0.1, 0.15) is 21.7 Å². The van der Waals surface area contributed by atoms with Gasteiger partial charge in [-0.3, -0.25) is 27.7 Å². The van der Waals surface area contributed by atoms with E-state index < -0.39 is 23.6 Å². The van der Waals surface area contributed by atoms with Gasteiger partial charge in [-0.1, -0.05) is 42.5 Å². The van der Waals surface area contributed by atoms with Crippen molar-refractivity contribution in [1.29, 1.82) is 0 Å². The van der Waals surface area contributed by atoms with Gasteiger partial charge in [0.1, 0.15) is 5.82 Å². The van der Waals surface area contributed by atoms with Crippen LogP contribution in [0.15, 0.2) is 64.2 Å². The van der Waals surface area contributed by atoms with Crippen molar-refractivity contribution >= 4 is 22.7 Å². The molecule has 0 bridgehead atoms. The highest BCUT2D eigenvalue weighted by atomic mass is 19.1. The Morgan fingerprint density at radius 2 is 1.64 bits per heavy atom. The van der Waals surface area contributed by atoms with E-state index >= 15 is 0 Å². The minimum Gasteiger partial charge on any atom is -0.292 e. The van der Waals surface area contributed by atoms with Crippen molar-refractivity contribution in [2.45, 2.75) is 20.4 Å². The van der Waals surface area contributed by atoms with Crippen molar-refractivity contribution in [2.24, 2.45) is 7.05 Å². The molecule has 0 unspecified atom stereocenters. The quantitative estimate of drug-likeness (QED) is 0.398. The number of aromatic nitrogens is 5. The lowest BCUT2D eigenvalue weighted by atomic mass is 10.1. The SMILES string of the molecule is Cc1c(C)n2c3c(=O)n(CC(=O)c4ccccc4)c(=O)n(C)c3nc2n1-c1ccccc1F. The predicted octanol–water partition coefficient (Wildman–Crippen LogP) is 2.78. The number of aryl methyl sites for hydroxylation is 2. The van der Waals surface area contributed by atoms with Crippen LogP contribution in [0.5, 0.6) is 0 Å². The summed E-state index contributed by atoms with van der Waals surface area (Å²) in [5.74, 6) is -0.485. The molecule has 166 valence electrons. The smallest absolute Gasteiger partial charge is 0.292 e. The third-order valence-corrected chi connectivity index (χ3v) is 6.01. The van der Waals surface area contributed by atoms with Crippen LogP contribution in [-0.4, -0.2) is 28.9 Å². The van der Waals surface area contributed by atoms with Gasteiger partial charge >= 0.3 is 5.69 Å². The molecule has 0 N–H and O–H groups in total. The Bertz CT molecular complexity index is 1690. The van der Waals surface area contributed by atoms with Crippen molar-refractivity contribution in [3.05, 3.63) is 98.2 Å². The molecular formula is C24H20FN5O3. The Morgan fingerprint density at radius 1 is 0.970 bits per heavy atom. The summed E-state index contributed by atoms with van der Waals surface area (Å²) in [4.78, 5) is 43.7. The topological polar surface area (TPSA) is 83.3 Å². The maximum atomic E-state index is 14.6. The molecule has 0 amide bonds. The van der Waals surface area contributed by atoms with Gasteiger partial charge in [0.2, 0.25) is 5.78 Å². The first-order valence-corrected chi connectivity index (χ1v) is 10.3. The van der Waals surface area contributed by atoms with Gasteiger partial charge in [0.05, 0.1) is 12.2 Å². The van der Waals surface area contributed by atoms with Crippen LogP contribution in [0.25, 0.3) is 22.6 Å². The molecule has 8 nitrogen and oxygen atoms in total. The van der Waals surface area contributed by atoms with Gasteiger partial charge in [-0.15, -0.1) is 0 Å². The number of hydrogen-bond acceptors (Lipinski definition) is 4. The van der Waals surface area contributed by atoms with Crippen molar-refractivity contribution in [2.75, 3.05) is 0 Å². The predicted molar refractivity (Wildman–Crippen MR) is 122 cm³/mol. The molecule has 3 aromatic heterocycles. The fourth-order valence-corrected chi connectivity index (χ4v) is 4.17. The lowest BCUT2D eigenvalue weighted by Crippen LogP contribution is -2.41. The molecule has 9 heteroatoms. The molecule has 0 atom stereocenters. The van der Waals surface area contributed by atoms with Crippen molar-refractivity contribution in [3.8, 4) is 5.69 Å². The second kappa shape index (κ2) is 7.40. The summed E-state index contributed by atoms with van der Waals surface area (Å²) in [5, 5.41) is 0. The second-order valence-electron chi connectivity index (χ2n) is 7.90. The first-order chi connectivity index (χ1) is 15.8. The van der Waals surface area contributed by atoms with Crippen LogP contribution < -0.4 is 11.2 Å². The molecule has 0 saturated heterocycles. The number of halogens is 1. The van der Waals surface area contributed by atoms with E-state index in [0.29, 0.717) is 22.7 Å². The zero-order valence-electron chi connectivity index (χ0n) is 18.2. The van der Waals surface area contributed by atoms with Gasteiger partial charge in [0.15, 0.2) is 16.9 Å². The molecule has 0 aliphatic heterocycles. The second-order valence-corrected chi connectivity index (χ2v) is 7.90. The number of benzene rings is 2. The van der Waals surface area contributed by atoms with Crippen molar-refractivity contribution < 1.29 is 9.18 Å². The van der Waals surface area contributed by atoms with Crippen LogP contribution in [0.2, 0.25) is 0 Å². The number of hydrogen-bond donors (Lipinski definition) is 0. The molecule has 0 radical (unpaired) electrons. The zero-order chi connectivity index (χ0) is 23.4. The molecule has 3 heterocycles. The summed E-state index contributed by atoms with van der Waals surface area (Å²) < 4.78 is 20.0. The number of carbonyl (C=O) groups is 1. The number of Topliss-reactive ketones (excluding diaryl/α,β-unsaturated/α-hetero) is 1. The Labute approximate surface area is 186 Å². The monoisotopic (exact) mass is 445 g/mol. The van der Waals surface area contributed by atoms with Gasteiger partial charge in [0, 0.05) is 24.0 Å². The number of fused-ring (bicyclic) bond motifs is 3. The first kappa shape index (κ1) is 20.6. The van der Waals surface area contributed by atoms with Gasteiger partial charge in [-0.2, -0.15) is 4.98 Å². The third-order valence-electron chi connectivity index (χ3n) is 6.01. The fraction of sp³-hybridized carbons (Fsp3) is 0.167. The van der Waals surface area contributed by atoms with E-state index in [-0.39, 0.29) is 22.6 Å². The number of rotatable bonds is 4. The molecule has 0 saturated carbocycles. The van der Waals surface area contributed by atoms with Crippen LogP contribution >= 0.6 is 0 Å². The standard InChI is InChI=1S/C24H20FN5O3/c1-14-15(2)30-20-21(26-23(30)29(14)18-12-8-7-11-17(18)25)27(3)24(33)28(22(20)32)13-19(31)16-9-5-4-6-10-16/h4-12H,13H2,1-3H3. The zero-order valence-corrected chi connectivity index (χ0v) is 18.2. The lowest BCUT2D eigenvalue weighted by Gasteiger charge is -2.08. The molecule has 5 aromatic rings. The number of ketones is 1. The van der Waals surface area contributed by atoms with E-state index in [1.165, 1.54) is 17.7 Å². The number of nitrogens with zero attached hydrogens (tertiary/aromatic N) is 5. The van der Waals surface area contributed by atoms with Crippen molar-refractivity contribution in [3.63, 3.8) is 0 Å². The minimum absolute atomic E-state index is 0.156. The van der Waals surface area contributed by atoms with E-state index in [1.54, 1.807) is 64.4 Å². The molecule has 0 aliphatic rings. The summed E-state index contributed by atoms with van der Waals surface area (Å²) in [5.41, 5.74) is 1.11. The van der Waals surface area contributed by atoms with E-state index in [0.717, 1.165) is 4.57 Å². The summed E-state index contributed by atoms with van der Waals surface area (Å²) in [6.07, 6.45) is 0. The summed E-state index contributed by atoms with van der Waals surface area (Å²) in [7, 11) is 1.50. The molecule has 0 spiro atoms. The number of imidazole rings is 2. The molecule has 0 fully saturated rings. The molecule has 2 aromatic carbocycles. The average Bonchev–Trinajstić information content (AvgIpc) is 3.32. The normalized spacial score (nSPS) is 11.5. The molecular weight excluding hydrogens is 425 g/mol. The largest absolute Gasteiger partial charge is 0.332 e. The highest BCUT2D eigenvalue weighted by Gasteiger charge is 2.24. The maximum absolute atomic E-state index is 14.6. The lowest BCUT2D eigenvalue weighted by molar-refractivity contribution is 0.0969. The minimum atomic E-state index is -0.649. The van der Waals surface area contributed by atoms with Gasteiger partial charge in [0.25, 0.3) is 5.56 Å². The Kier molecular flexibility index (Phi) is 4.63. The van der Waals surface area contributed by atoms with E-state index in [1.807, 2.05) is 6.92 Å². The molecule has 0 aliphatic carbocycles. The summed E-state index contributed by atoms with van der Waals surface area (Å²) in [6.45, 7) is 3.21. The van der Waals surface area contributed by atoms with E-state index in [2.05, 4.69) is 4.98 Å². The third kappa shape index (κ3) is 2.96. The van der Waals surface area contributed by atoms with Crippen LogP contribution in [0.3, 0.4) is 0 Å². The Balaban J connectivity index is 1.81. The van der Waals surface area contributed by atoms with E-state index in [4.69, 9.17) is 0 Å². The number of carbonyl (C=O) groups excluding carboxylic acids is 1. The molecule has 5 rings (SSSR count). The molecule has 33 heavy (non-hydrogen) atoms. The fourth-order valence-electron chi connectivity index (χ4n) is 4.17. The Morgan fingerprint density at radius 3 is 2.33 bits per heavy atom. The highest BCUT2D eigenvalue weighted by Crippen LogP contribution is 2.25. The van der Waals surface area contributed by atoms with Crippen LogP contribution in [-0.2, 0) is 13.6 Å². The first-order valence-electron chi connectivity index (χ1n) is 10.3.